The fourth-order valence-corrected chi connectivity index (χ4v) is 2.84. The van der Waals surface area contributed by atoms with Crippen molar-refractivity contribution in [2.45, 2.75) is 52.9 Å². The van der Waals surface area contributed by atoms with Crippen LogP contribution in [-0.4, -0.2) is 5.78 Å². The minimum atomic E-state index is -0.485. The molecule has 0 radical (unpaired) electrons. The summed E-state index contributed by atoms with van der Waals surface area (Å²) >= 11 is 0. The number of carbonyl (C=O) groups excluding carboxylic acids is 1. The average molecular weight is 209 g/mol. The SMILES string of the molecule is [2H][C@H]1C[C@H](C(C)C)[C@@](C)(CCCC=C)C1=O. The Morgan fingerprint density at radius 1 is 1.73 bits per heavy atom. The van der Waals surface area contributed by atoms with Gasteiger partial charge in [0.15, 0.2) is 0 Å². The molecule has 0 N–H and O–H groups in total. The first kappa shape index (κ1) is 10.9. The molecule has 0 amide bonds. The third-order valence-corrected chi connectivity index (χ3v) is 3.85. The Balaban J connectivity index is 2.78. The predicted molar refractivity (Wildman–Crippen MR) is 64.7 cm³/mol. The van der Waals surface area contributed by atoms with Gasteiger partial charge < -0.3 is 0 Å². The zero-order valence-electron chi connectivity index (χ0n) is 11.3. The van der Waals surface area contributed by atoms with Gasteiger partial charge >= 0.3 is 0 Å². The number of carbonyl (C=O) groups is 1. The zero-order valence-corrected chi connectivity index (χ0v) is 10.3. The normalized spacial score (nSPS) is 37.1. The molecule has 15 heavy (non-hydrogen) atoms. The maximum Gasteiger partial charge on any atom is 0.139 e. The minimum Gasteiger partial charge on any atom is -0.299 e. The fraction of sp³-hybridized carbons (Fsp3) is 0.786. The number of hydrogen-bond donors (Lipinski definition) is 0. The van der Waals surface area contributed by atoms with Gasteiger partial charge in [-0.05, 0) is 37.5 Å². The lowest BCUT2D eigenvalue weighted by Crippen LogP contribution is -2.31. The number of ketones is 1. The van der Waals surface area contributed by atoms with Crippen LogP contribution in [0.25, 0.3) is 0 Å². The van der Waals surface area contributed by atoms with E-state index in [4.69, 9.17) is 1.37 Å². The molecule has 1 aliphatic rings. The molecule has 0 aromatic heterocycles. The highest BCUT2D eigenvalue weighted by molar-refractivity contribution is 5.86. The number of allylic oxidation sites excluding steroid dienone is 1. The van der Waals surface area contributed by atoms with E-state index in [1.807, 2.05) is 6.08 Å². The van der Waals surface area contributed by atoms with E-state index in [0.717, 1.165) is 25.7 Å². The maximum atomic E-state index is 12.1. The van der Waals surface area contributed by atoms with Crippen molar-refractivity contribution in [3.05, 3.63) is 12.7 Å². The highest BCUT2D eigenvalue weighted by atomic mass is 16.1. The van der Waals surface area contributed by atoms with E-state index in [0.29, 0.717) is 11.8 Å². The first-order valence-electron chi connectivity index (χ1n) is 6.58. The molecule has 0 bridgehead atoms. The molecule has 1 aliphatic carbocycles. The molecule has 1 fully saturated rings. The summed E-state index contributed by atoms with van der Waals surface area (Å²) in [6.45, 7) is 10.1. The highest BCUT2D eigenvalue weighted by Gasteiger charge is 2.46. The Labute approximate surface area is 95.4 Å². The summed E-state index contributed by atoms with van der Waals surface area (Å²) < 4.78 is 7.83. The third kappa shape index (κ3) is 2.50. The molecule has 1 saturated carbocycles. The van der Waals surface area contributed by atoms with Crippen molar-refractivity contribution in [2.24, 2.45) is 17.3 Å². The van der Waals surface area contributed by atoms with Gasteiger partial charge in [-0.3, -0.25) is 4.79 Å². The van der Waals surface area contributed by atoms with Crippen molar-refractivity contribution >= 4 is 5.78 Å². The van der Waals surface area contributed by atoms with Crippen molar-refractivity contribution in [1.29, 1.82) is 0 Å². The lowest BCUT2D eigenvalue weighted by molar-refractivity contribution is -0.127. The molecule has 0 aromatic carbocycles. The van der Waals surface area contributed by atoms with Crippen LogP contribution < -0.4 is 0 Å². The average Bonchev–Trinajstić information content (AvgIpc) is 2.44. The Morgan fingerprint density at radius 3 is 2.93 bits per heavy atom. The first-order valence-corrected chi connectivity index (χ1v) is 6.01. The number of hydrogen-bond acceptors (Lipinski definition) is 1. The second-order valence-corrected chi connectivity index (χ2v) is 5.25. The van der Waals surface area contributed by atoms with E-state index in [1.54, 1.807) is 0 Å². The van der Waals surface area contributed by atoms with Crippen LogP contribution in [0.5, 0.6) is 0 Å². The Hall–Kier alpha value is -0.590. The predicted octanol–water partition coefficient (Wildman–Crippen LogP) is 3.98. The molecule has 0 aromatic rings. The van der Waals surface area contributed by atoms with Gasteiger partial charge in [-0.1, -0.05) is 26.8 Å². The monoisotopic (exact) mass is 209 g/mol. The molecule has 0 aliphatic heterocycles. The largest absolute Gasteiger partial charge is 0.299 e. The Kier molecular flexibility index (Phi) is 3.61. The maximum absolute atomic E-state index is 12.1. The van der Waals surface area contributed by atoms with Crippen molar-refractivity contribution in [2.75, 3.05) is 0 Å². The van der Waals surface area contributed by atoms with Gasteiger partial charge in [-0.2, -0.15) is 0 Å². The van der Waals surface area contributed by atoms with Crippen LogP contribution in [0, 0.1) is 17.3 Å². The number of unbranched alkanes of at least 4 members (excludes halogenated alkanes) is 1. The summed E-state index contributed by atoms with van der Waals surface area (Å²) in [4.78, 5) is 12.1. The summed E-state index contributed by atoms with van der Waals surface area (Å²) in [6, 6.07) is 0. The molecular weight excluding hydrogens is 184 g/mol. The molecule has 3 atom stereocenters. The molecule has 86 valence electrons. The number of rotatable bonds is 5. The lowest BCUT2D eigenvalue weighted by atomic mass is 9.70. The summed E-state index contributed by atoms with van der Waals surface area (Å²) in [5.41, 5.74) is -0.260. The molecular formula is C14H24O. The van der Waals surface area contributed by atoms with Crippen LogP contribution in [0.4, 0.5) is 0 Å². The van der Waals surface area contributed by atoms with Crippen LogP contribution in [-0.2, 0) is 4.79 Å². The first-order chi connectivity index (χ1) is 7.43. The molecule has 1 rings (SSSR count). The molecule has 0 heterocycles. The standard InChI is InChI=1S/C14H24O/c1-5-6-7-10-14(4)12(11(2)3)8-9-13(14)15/h5,11-12H,1,6-10H2,2-4H3/t12-,14-/m1/s1/i9D/t9-,12+,14+/m0. The smallest absolute Gasteiger partial charge is 0.139 e. The summed E-state index contributed by atoms with van der Waals surface area (Å²) in [5, 5.41) is 0. The molecule has 1 heteroatoms. The van der Waals surface area contributed by atoms with Gasteiger partial charge in [0.05, 0.1) is 0 Å². The van der Waals surface area contributed by atoms with E-state index in [-0.39, 0.29) is 11.2 Å². The summed E-state index contributed by atoms with van der Waals surface area (Å²) in [7, 11) is 0. The zero-order chi connectivity index (χ0) is 12.3. The van der Waals surface area contributed by atoms with Gasteiger partial charge in [0.1, 0.15) is 5.78 Å². The van der Waals surface area contributed by atoms with Crippen LogP contribution >= 0.6 is 0 Å². The quantitative estimate of drug-likeness (QED) is 0.494. The molecule has 0 saturated heterocycles. The van der Waals surface area contributed by atoms with Crippen molar-refractivity contribution in [3.8, 4) is 0 Å². The number of Topliss-reactive ketones (excluding diaryl/α,β-unsaturated/α-hetero) is 1. The Morgan fingerprint density at radius 2 is 2.40 bits per heavy atom. The second-order valence-electron chi connectivity index (χ2n) is 5.25. The van der Waals surface area contributed by atoms with Crippen LogP contribution in [0.1, 0.15) is 54.2 Å². The highest BCUT2D eigenvalue weighted by Crippen LogP contribution is 2.47. The van der Waals surface area contributed by atoms with Crippen LogP contribution in [0.15, 0.2) is 12.7 Å². The van der Waals surface area contributed by atoms with Gasteiger partial charge in [-0.15, -0.1) is 6.58 Å². The van der Waals surface area contributed by atoms with E-state index < -0.39 is 6.40 Å². The fourth-order valence-electron chi connectivity index (χ4n) is 2.84. The minimum absolute atomic E-state index is 0.162. The van der Waals surface area contributed by atoms with E-state index in [1.165, 1.54) is 0 Å². The van der Waals surface area contributed by atoms with Gasteiger partial charge in [0.2, 0.25) is 0 Å². The van der Waals surface area contributed by atoms with E-state index >= 15 is 0 Å². The third-order valence-electron chi connectivity index (χ3n) is 3.85. The second kappa shape index (κ2) is 4.96. The van der Waals surface area contributed by atoms with Crippen molar-refractivity contribution in [3.63, 3.8) is 0 Å². The van der Waals surface area contributed by atoms with Gasteiger partial charge in [0.25, 0.3) is 0 Å². The Bertz CT molecular complexity index is 272. The molecule has 0 spiro atoms. The summed E-state index contributed by atoms with van der Waals surface area (Å²) in [5.74, 6) is 1.04. The summed E-state index contributed by atoms with van der Waals surface area (Å²) in [6.07, 6.45) is 5.07. The molecule has 1 nitrogen and oxygen atoms in total. The van der Waals surface area contributed by atoms with Gasteiger partial charge in [0, 0.05) is 13.2 Å². The molecule has 0 unspecified atom stereocenters. The van der Waals surface area contributed by atoms with Crippen molar-refractivity contribution in [1.82, 2.24) is 0 Å². The van der Waals surface area contributed by atoms with Crippen molar-refractivity contribution < 1.29 is 6.17 Å². The van der Waals surface area contributed by atoms with Crippen LogP contribution in [0.2, 0.25) is 0 Å². The van der Waals surface area contributed by atoms with E-state index in [9.17, 15) is 4.79 Å². The van der Waals surface area contributed by atoms with E-state index in [2.05, 4.69) is 27.4 Å². The van der Waals surface area contributed by atoms with Crippen LogP contribution in [0.3, 0.4) is 0 Å². The topological polar surface area (TPSA) is 17.1 Å². The lowest BCUT2D eigenvalue weighted by Gasteiger charge is -2.32. The van der Waals surface area contributed by atoms with Gasteiger partial charge in [-0.25, -0.2) is 0 Å².